The number of thiophene rings is 1. The number of likely N-dealkylation sites (tertiary alicyclic amines) is 1. The van der Waals surface area contributed by atoms with E-state index in [2.05, 4.69) is 27.7 Å². The summed E-state index contributed by atoms with van der Waals surface area (Å²) in [5.41, 5.74) is 2.22. The van der Waals surface area contributed by atoms with Crippen molar-refractivity contribution in [2.45, 2.75) is 44.4 Å². The minimum Gasteiger partial charge on any atom is -0.316 e. The average molecular weight is 316 g/mol. The van der Waals surface area contributed by atoms with Crippen molar-refractivity contribution in [3.05, 3.63) is 33.7 Å². The molecule has 2 fully saturated rings. The highest BCUT2D eigenvalue weighted by Gasteiger charge is 2.31. The Morgan fingerprint density at radius 1 is 1.23 bits per heavy atom. The van der Waals surface area contributed by atoms with E-state index in [-0.39, 0.29) is 5.91 Å². The quantitative estimate of drug-likeness (QED) is 0.901. The summed E-state index contributed by atoms with van der Waals surface area (Å²) >= 11 is 1.76. The van der Waals surface area contributed by atoms with Gasteiger partial charge in [-0.15, -0.1) is 11.3 Å². The molecule has 2 aliphatic heterocycles. The Morgan fingerprint density at radius 3 is 3.00 bits per heavy atom. The van der Waals surface area contributed by atoms with E-state index in [4.69, 9.17) is 0 Å². The monoisotopic (exact) mass is 316 g/mol. The number of hydrogen-bond acceptors (Lipinski definition) is 3. The summed E-state index contributed by atoms with van der Waals surface area (Å²) in [6.07, 6.45) is 9.62. The summed E-state index contributed by atoms with van der Waals surface area (Å²) in [5, 5.41) is 5.48. The fourth-order valence-corrected chi connectivity index (χ4v) is 5.15. The lowest BCUT2D eigenvalue weighted by Gasteiger charge is -2.37. The highest BCUT2D eigenvalue weighted by molar-refractivity contribution is 7.10. The smallest absolute Gasteiger partial charge is 0.258 e. The minimum atomic E-state index is 0.228. The third-order valence-electron chi connectivity index (χ3n) is 5.35. The molecule has 1 aliphatic carbocycles. The van der Waals surface area contributed by atoms with Crippen LogP contribution in [0.2, 0.25) is 0 Å². The number of rotatable bonds is 2. The van der Waals surface area contributed by atoms with Gasteiger partial charge in [-0.05, 0) is 57.1 Å². The standard InChI is InChI=1S/C18H24N2OS/c21-18(15-10-17(22-12-15)14-7-8-19-11-14)20-9-3-5-13-4-1-2-6-16(13)20/h6,10,12-14,19H,1-5,7-9,11H2. The molecule has 0 spiro atoms. The van der Waals surface area contributed by atoms with Crippen molar-refractivity contribution in [3.63, 3.8) is 0 Å². The van der Waals surface area contributed by atoms with E-state index in [1.54, 1.807) is 11.3 Å². The Bertz CT molecular complexity index is 586. The number of piperidine rings is 1. The van der Waals surface area contributed by atoms with Gasteiger partial charge >= 0.3 is 0 Å². The van der Waals surface area contributed by atoms with Gasteiger partial charge in [-0.25, -0.2) is 0 Å². The molecule has 22 heavy (non-hydrogen) atoms. The summed E-state index contributed by atoms with van der Waals surface area (Å²) in [7, 11) is 0. The topological polar surface area (TPSA) is 32.3 Å². The molecule has 0 bridgehead atoms. The van der Waals surface area contributed by atoms with Crippen LogP contribution in [0.4, 0.5) is 0 Å². The Kier molecular flexibility index (Phi) is 4.05. The third-order valence-corrected chi connectivity index (χ3v) is 6.44. The summed E-state index contributed by atoms with van der Waals surface area (Å²) < 4.78 is 0. The first-order valence-electron chi connectivity index (χ1n) is 8.64. The van der Waals surface area contributed by atoms with E-state index in [1.807, 2.05) is 0 Å². The number of fused-ring (bicyclic) bond motifs is 1. The molecule has 4 heteroatoms. The predicted molar refractivity (Wildman–Crippen MR) is 90.2 cm³/mol. The van der Waals surface area contributed by atoms with Crippen molar-refractivity contribution in [1.29, 1.82) is 0 Å². The van der Waals surface area contributed by atoms with Crippen molar-refractivity contribution in [1.82, 2.24) is 10.2 Å². The molecule has 3 nitrogen and oxygen atoms in total. The highest BCUT2D eigenvalue weighted by Crippen LogP contribution is 2.36. The molecule has 0 radical (unpaired) electrons. The number of amides is 1. The van der Waals surface area contributed by atoms with Crippen molar-refractivity contribution in [3.8, 4) is 0 Å². The highest BCUT2D eigenvalue weighted by atomic mass is 32.1. The van der Waals surface area contributed by atoms with Crippen molar-refractivity contribution in [2.24, 2.45) is 5.92 Å². The van der Waals surface area contributed by atoms with Gasteiger partial charge in [0.05, 0.1) is 5.56 Å². The number of nitrogens with zero attached hydrogens (tertiary/aromatic N) is 1. The van der Waals surface area contributed by atoms with Gasteiger partial charge in [0.25, 0.3) is 5.91 Å². The molecule has 1 aromatic rings. The van der Waals surface area contributed by atoms with Crippen LogP contribution < -0.4 is 5.32 Å². The summed E-state index contributed by atoms with van der Waals surface area (Å²) in [6.45, 7) is 3.06. The van der Waals surface area contributed by atoms with Crippen LogP contribution in [0, 0.1) is 5.92 Å². The van der Waals surface area contributed by atoms with Crippen molar-refractivity contribution in [2.75, 3.05) is 19.6 Å². The van der Waals surface area contributed by atoms with E-state index in [1.165, 1.54) is 36.3 Å². The zero-order valence-corrected chi connectivity index (χ0v) is 13.8. The third kappa shape index (κ3) is 2.63. The van der Waals surface area contributed by atoms with Gasteiger partial charge in [0, 0.05) is 35.0 Å². The van der Waals surface area contributed by atoms with Gasteiger partial charge in [-0.1, -0.05) is 6.08 Å². The molecular weight excluding hydrogens is 292 g/mol. The first kappa shape index (κ1) is 14.5. The molecule has 2 atom stereocenters. The number of hydrogen-bond donors (Lipinski definition) is 1. The second-order valence-electron chi connectivity index (χ2n) is 6.78. The number of carbonyl (C=O) groups is 1. The van der Waals surface area contributed by atoms with Crippen molar-refractivity contribution >= 4 is 17.2 Å². The Morgan fingerprint density at radius 2 is 2.14 bits per heavy atom. The van der Waals surface area contributed by atoms with Crippen LogP contribution in [0.1, 0.15) is 59.7 Å². The summed E-state index contributed by atoms with van der Waals surface area (Å²) in [4.78, 5) is 16.4. The lowest BCUT2D eigenvalue weighted by molar-refractivity contribution is 0.0749. The van der Waals surface area contributed by atoms with Crippen LogP contribution in [-0.4, -0.2) is 30.4 Å². The fourth-order valence-electron chi connectivity index (χ4n) is 4.13. The predicted octanol–water partition coefficient (Wildman–Crippen LogP) is 3.75. The van der Waals surface area contributed by atoms with Crippen molar-refractivity contribution < 1.29 is 4.79 Å². The van der Waals surface area contributed by atoms with E-state index >= 15 is 0 Å². The maximum absolute atomic E-state index is 13.0. The Balaban J connectivity index is 1.54. The molecule has 2 unspecified atom stereocenters. The van der Waals surface area contributed by atoms with Crippen LogP contribution in [0.5, 0.6) is 0 Å². The van der Waals surface area contributed by atoms with Crippen LogP contribution >= 0.6 is 11.3 Å². The Labute approximate surface area is 136 Å². The maximum Gasteiger partial charge on any atom is 0.258 e. The van der Waals surface area contributed by atoms with Gasteiger partial charge in [0.15, 0.2) is 0 Å². The van der Waals surface area contributed by atoms with Crippen LogP contribution in [0.15, 0.2) is 23.2 Å². The molecule has 1 amide bonds. The Hall–Kier alpha value is -1.13. The number of carbonyl (C=O) groups excluding carboxylic acids is 1. The maximum atomic E-state index is 13.0. The van der Waals surface area contributed by atoms with Gasteiger partial charge in [0.2, 0.25) is 0 Å². The molecule has 4 rings (SSSR count). The molecule has 1 N–H and O–H groups in total. The summed E-state index contributed by atoms with van der Waals surface area (Å²) in [5.74, 6) is 1.46. The molecule has 0 saturated carbocycles. The molecular formula is C18H24N2OS. The minimum absolute atomic E-state index is 0.228. The van der Waals surface area contributed by atoms with Crippen LogP contribution in [-0.2, 0) is 0 Å². The molecule has 3 heterocycles. The van der Waals surface area contributed by atoms with Gasteiger partial charge in [-0.3, -0.25) is 4.79 Å². The first-order valence-corrected chi connectivity index (χ1v) is 9.52. The van der Waals surface area contributed by atoms with Crippen LogP contribution in [0.3, 0.4) is 0 Å². The molecule has 118 valence electrons. The number of allylic oxidation sites excluding steroid dienone is 2. The lowest BCUT2D eigenvalue weighted by Crippen LogP contribution is -2.38. The molecule has 1 aromatic heterocycles. The normalized spacial score (nSPS) is 28.4. The molecule has 2 saturated heterocycles. The first-order chi connectivity index (χ1) is 10.8. The molecule has 3 aliphatic rings. The van der Waals surface area contributed by atoms with E-state index < -0.39 is 0 Å². The SMILES string of the molecule is O=C(c1csc(C2CCNC2)c1)N1CCCC2CCCC=C21. The van der Waals surface area contributed by atoms with E-state index in [9.17, 15) is 4.79 Å². The van der Waals surface area contributed by atoms with Gasteiger partial charge < -0.3 is 10.2 Å². The zero-order chi connectivity index (χ0) is 14.9. The second-order valence-corrected chi connectivity index (χ2v) is 7.73. The lowest BCUT2D eigenvalue weighted by atomic mass is 9.84. The average Bonchev–Trinajstić information content (AvgIpc) is 3.24. The number of nitrogens with one attached hydrogen (secondary N) is 1. The van der Waals surface area contributed by atoms with Crippen LogP contribution in [0.25, 0.3) is 0 Å². The van der Waals surface area contributed by atoms with E-state index in [0.29, 0.717) is 11.8 Å². The zero-order valence-electron chi connectivity index (χ0n) is 13.0. The summed E-state index contributed by atoms with van der Waals surface area (Å²) in [6, 6.07) is 2.15. The van der Waals surface area contributed by atoms with Gasteiger partial charge in [-0.2, -0.15) is 0 Å². The molecule has 0 aromatic carbocycles. The largest absolute Gasteiger partial charge is 0.316 e. The second kappa shape index (κ2) is 6.17. The van der Waals surface area contributed by atoms with E-state index in [0.717, 1.165) is 38.0 Å². The van der Waals surface area contributed by atoms with Gasteiger partial charge in [0.1, 0.15) is 0 Å². The fraction of sp³-hybridized carbons (Fsp3) is 0.611.